The number of thiophene rings is 1. The molecule has 1 aliphatic rings. The summed E-state index contributed by atoms with van der Waals surface area (Å²) >= 11 is 1.87. The van der Waals surface area contributed by atoms with Crippen LogP contribution in [0, 0.1) is 0 Å². The van der Waals surface area contributed by atoms with Gasteiger partial charge in [0.05, 0.1) is 17.3 Å². The maximum Gasteiger partial charge on any atom is 0.141 e. The summed E-state index contributed by atoms with van der Waals surface area (Å²) in [6, 6.07) is 45.2. The molecule has 0 fully saturated rings. The normalized spacial score (nSPS) is 14.1. The van der Waals surface area contributed by atoms with Crippen LogP contribution in [0.2, 0.25) is 0 Å². The third-order valence-electron chi connectivity index (χ3n) is 7.56. The minimum absolute atomic E-state index is 0.0320. The van der Waals surface area contributed by atoms with Gasteiger partial charge in [0.25, 0.3) is 0 Å². The lowest BCUT2D eigenvalue weighted by atomic mass is 9.94. The van der Waals surface area contributed by atoms with E-state index in [-0.39, 0.29) is 5.92 Å². The molecule has 0 spiro atoms. The van der Waals surface area contributed by atoms with Gasteiger partial charge >= 0.3 is 0 Å². The average Bonchev–Trinajstić information content (AvgIpc) is 3.51. The minimum atomic E-state index is -0.0320. The van der Waals surface area contributed by atoms with Crippen LogP contribution in [-0.4, -0.2) is 9.97 Å². The largest absolute Gasteiger partial charge is 0.232 e. The Kier molecular flexibility index (Phi) is 4.79. The van der Waals surface area contributed by atoms with E-state index in [4.69, 9.17) is 9.97 Å². The predicted octanol–water partition coefficient (Wildman–Crippen LogP) is 9.34. The van der Waals surface area contributed by atoms with Gasteiger partial charge in [-0.05, 0) is 46.5 Å². The summed E-state index contributed by atoms with van der Waals surface area (Å²) in [7, 11) is 0. The van der Waals surface area contributed by atoms with E-state index in [1.54, 1.807) is 0 Å². The molecule has 2 aromatic heterocycles. The fraction of sp³-hybridized carbons (Fsp3) is 0.0286. The van der Waals surface area contributed by atoms with Gasteiger partial charge in [0.15, 0.2) is 0 Å². The number of fused-ring (bicyclic) bond motifs is 6. The molecule has 0 aliphatic heterocycles. The van der Waals surface area contributed by atoms with Crippen LogP contribution in [0.3, 0.4) is 0 Å². The monoisotopic (exact) mass is 502 g/mol. The number of benzene rings is 5. The van der Waals surface area contributed by atoms with Crippen LogP contribution < -0.4 is 0 Å². The molecule has 3 heteroatoms. The van der Waals surface area contributed by atoms with E-state index in [1.165, 1.54) is 42.4 Å². The van der Waals surface area contributed by atoms with Crippen molar-refractivity contribution in [1.29, 1.82) is 0 Å². The van der Waals surface area contributed by atoms with E-state index in [2.05, 4.69) is 115 Å². The molecule has 1 unspecified atom stereocenters. The van der Waals surface area contributed by atoms with Gasteiger partial charge in [-0.25, -0.2) is 9.97 Å². The highest BCUT2D eigenvalue weighted by molar-refractivity contribution is 7.25. The Morgan fingerprint density at radius 2 is 1.11 bits per heavy atom. The molecule has 1 aliphatic carbocycles. The second-order valence-electron chi connectivity index (χ2n) is 9.78. The van der Waals surface area contributed by atoms with E-state index in [0.717, 1.165) is 28.3 Å². The van der Waals surface area contributed by atoms with E-state index in [9.17, 15) is 0 Å². The molecular weight excluding hydrogens is 480 g/mol. The first-order chi connectivity index (χ1) is 18.8. The number of hydrogen-bond donors (Lipinski definition) is 0. The molecule has 0 saturated heterocycles. The molecule has 2 nitrogen and oxygen atoms in total. The Hall–Kier alpha value is -4.60. The summed E-state index contributed by atoms with van der Waals surface area (Å²) < 4.78 is 2.65. The highest BCUT2D eigenvalue weighted by Crippen LogP contribution is 2.50. The lowest BCUT2D eigenvalue weighted by molar-refractivity contribution is 0.880. The van der Waals surface area contributed by atoms with Crippen LogP contribution >= 0.6 is 11.3 Å². The summed E-state index contributed by atoms with van der Waals surface area (Å²) in [5.74, 6) is 0.811. The number of aromatic nitrogens is 2. The van der Waals surface area contributed by atoms with Crippen molar-refractivity contribution in [2.75, 3.05) is 0 Å². The standard InChI is InChI=1S/C35H22N2S/c1-3-11-22(12-4-1)30-21-31(23-13-5-2-6-14-23)37-35(36-30)34-26-17-8-7-15-24(26)27-20-33-28(19-29(27)34)25-16-9-10-18-32(25)38-33/h1-21,34H. The maximum atomic E-state index is 5.23. The third-order valence-corrected chi connectivity index (χ3v) is 8.70. The second-order valence-corrected chi connectivity index (χ2v) is 10.9. The fourth-order valence-electron chi connectivity index (χ4n) is 5.81. The molecule has 8 rings (SSSR count). The lowest BCUT2D eigenvalue weighted by Crippen LogP contribution is -2.07. The van der Waals surface area contributed by atoms with Gasteiger partial charge in [0, 0.05) is 31.3 Å². The highest BCUT2D eigenvalue weighted by atomic mass is 32.1. The predicted molar refractivity (Wildman–Crippen MR) is 159 cm³/mol. The fourth-order valence-corrected chi connectivity index (χ4v) is 6.94. The number of hydrogen-bond acceptors (Lipinski definition) is 3. The Bertz CT molecular complexity index is 1920. The molecular formula is C35H22N2S. The zero-order valence-electron chi connectivity index (χ0n) is 20.5. The SMILES string of the molecule is c1ccc(-c2cc(-c3ccccc3)nc(C3c4ccccc4-c4cc5sc6ccccc6c5cc43)n2)cc1. The molecule has 1 atom stereocenters. The second kappa shape index (κ2) is 8.47. The first kappa shape index (κ1) is 21.5. The van der Waals surface area contributed by atoms with E-state index >= 15 is 0 Å². The molecule has 0 radical (unpaired) electrons. The van der Waals surface area contributed by atoms with Gasteiger partial charge in [0.2, 0.25) is 0 Å². The first-order valence-corrected chi connectivity index (χ1v) is 13.7. The summed E-state index contributed by atoms with van der Waals surface area (Å²) in [6.45, 7) is 0. The van der Waals surface area contributed by atoms with Crippen LogP contribution in [0.25, 0.3) is 53.8 Å². The Morgan fingerprint density at radius 1 is 0.474 bits per heavy atom. The zero-order chi connectivity index (χ0) is 25.1. The molecule has 2 heterocycles. The molecule has 0 saturated carbocycles. The summed E-state index contributed by atoms with van der Waals surface area (Å²) in [5.41, 5.74) is 9.21. The van der Waals surface area contributed by atoms with Crippen molar-refractivity contribution in [2.45, 2.75) is 5.92 Å². The van der Waals surface area contributed by atoms with Crippen molar-refractivity contribution in [3.05, 3.63) is 144 Å². The maximum absolute atomic E-state index is 5.23. The van der Waals surface area contributed by atoms with E-state index < -0.39 is 0 Å². The van der Waals surface area contributed by atoms with Gasteiger partial charge in [-0.15, -0.1) is 11.3 Å². The van der Waals surface area contributed by atoms with Crippen molar-refractivity contribution in [3.8, 4) is 33.6 Å². The molecule has 178 valence electrons. The van der Waals surface area contributed by atoms with Crippen molar-refractivity contribution in [2.24, 2.45) is 0 Å². The molecule has 0 amide bonds. The van der Waals surface area contributed by atoms with Gasteiger partial charge in [-0.3, -0.25) is 0 Å². The van der Waals surface area contributed by atoms with Crippen molar-refractivity contribution in [1.82, 2.24) is 9.97 Å². The Morgan fingerprint density at radius 3 is 1.84 bits per heavy atom. The molecule has 0 N–H and O–H groups in total. The molecule has 7 aromatic rings. The van der Waals surface area contributed by atoms with Crippen LogP contribution in [0.15, 0.2) is 127 Å². The number of nitrogens with zero attached hydrogens (tertiary/aromatic N) is 2. The van der Waals surface area contributed by atoms with E-state index in [1.807, 2.05) is 23.5 Å². The summed E-state index contributed by atoms with van der Waals surface area (Å²) in [6.07, 6.45) is 0. The third kappa shape index (κ3) is 3.33. The van der Waals surface area contributed by atoms with Crippen LogP contribution in [0.5, 0.6) is 0 Å². The van der Waals surface area contributed by atoms with Gasteiger partial charge in [0.1, 0.15) is 5.82 Å². The smallest absolute Gasteiger partial charge is 0.141 e. The highest BCUT2D eigenvalue weighted by Gasteiger charge is 2.33. The lowest BCUT2D eigenvalue weighted by Gasteiger charge is -2.16. The van der Waals surface area contributed by atoms with Crippen molar-refractivity contribution in [3.63, 3.8) is 0 Å². The molecule has 0 bridgehead atoms. The quantitative estimate of drug-likeness (QED) is 0.240. The molecule has 5 aromatic carbocycles. The van der Waals surface area contributed by atoms with Crippen molar-refractivity contribution < 1.29 is 0 Å². The van der Waals surface area contributed by atoms with Gasteiger partial charge in [-0.2, -0.15) is 0 Å². The summed E-state index contributed by atoms with van der Waals surface area (Å²) in [5, 5.41) is 2.62. The zero-order valence-corrected chi connectivity index (χ0v) is 21.3. The first-order valence-electron chi connectivity index (χ1n) is 12.9. The minimum Gasteiger partial charge on any atom is -0.232 e. The van der Waals surface area contributed by atoms with Crippen molar-refractivity contribution >= 4 is 31.5 Å². The Labute approximate surface area is 224 Å². The topological polar surface area (TPSA) is 25.8 Å². The van der Waals surface area contributed by atoms with Crippen LogP contribution in [-0.2, 0) is 0 Å². The summed E-state index contributed by atoms with van der Waals surface area (Å²) in [4.78, 5) is 10.5. The van der Waals surface area contributed by atoms with Crippen LogP contribution in [0.4, 0.5) is 0 Å². The number of rotatable bonds is 3. The van der Waals surface area contributed by atoms with Gasteiger partial charge in [-0.1, -0.05) is 103 Å². The van der Waals surface area contributed by atoms with Gasteiger partial charge < -0.3 is 0 Å². The molecule has 38 heavy (non-hydrogen) atoms. The van der Waals surface area contributed by atoms with Crippen LogP contribution in [0.1, 0.15) is 22.9 Å². The average molecular weight is 503 g/mol. The Balaban J connectivity index is 1.41. The van der Waals surface area contributed by atoms with E-state index in [0.29, 0.717) is 0 Å².